The van der Waals surface area contributed by atoms with E-state index in [0.29, 0.717) is 19.7 Å². The Morgan fingerprint density at radius 2 is 2.00 bits per heavy atom. The Labute approximate surface area is 125 Å². The first-order valence-corrected chi connectivity index (χ1v) is 7.26. The van der Waals surface area contributed by atoms with Crippen molar-refractivity contribution in [1.29, 1.82) is 0 Å². The van der Waals surface area contributed by atoms with Crippen LogP contribution in [0, 0.1) is 11.8 Å². The molecular weight excluding hydrogens is 268 g/mol. The zero-order valence-electron chi connectivity index (χ0n) is 12.3. The second-order valence-corrected chi connectivity index (χ2v) is 5.57. The molecule has 1 heterocycles. The number of primary amides is 1. The summed E-state index contributed by atoms with van der Waals surface area (Å²) in [7, 11) is 0. The summed E-state index contributed by atoms with van der Waals surface area (Å²) in [6.45, 7) is 3.51. The normalized spacial score (nSPS) is 21.5. The molecule has 2 atom stereocenters. The number of nitrogens with zero attached hydrogens (tertiary/aromatic N) is 1. The maximum absolute atomic E-state index is 12.0. The SMILES string of the molecule is C[C@@H]1CN(C(=O)COCCc2ccccc2)C[C@H]1C(N)=O. The third-order valence-electron chi connectivity index (χ3n) is 3.93. The van der Waals surface area contributed by atoms with E-state index in [9.17, 15) is 9.59 Å². The van der Waals surface area contributed by atoms with Crippen LogP contribution in [0.2, 0.25) is 0 Å². The third-order valence-corrected chi connectivity index (χ3v) is 3.93. The quantitative estimate of drug-likeness (QED) is 0.789. The molecule has 0 spiro atoms. The molecule has 1 saturated heterocycles. The maximum Gasteiger partial charge on any atom is 0.248 e. The Balaban J connectivity index is 1.69. The summed E-state index contributed by atoms with van der Waals surface area (Å²) in [6.07, 6.45) is 0.786. The number of nitrogens with two attached hydrogens (primary N) is 1. The molecule has 1 aromatic carbocycles. The second kappa shape index (κ2) is 7.22. The van der Waals surface area contributed by atoms with E-state index < -0.39 is 0 Å². The van der Waals surface area contributed by atoms with Crippen LogP contribution in [0.3, 0.4) is 0 Å². The van der Waals surface area contributed by atoms with Crippen LogP contribution >= 0.6 is 0 Å². The second-order valence-electron chi connectivity index (χ2n) is 5.57. The van der Waals surface area contributed by atoms with Gasteiger partial charge in [-0.1, -0.05) is 37.3 Å². The molecule has 114 valence electrons. The highest BCUT2D eigenvalue weighted by molar-refractivity contribution is 5.81. The molecular formula is C16H22N2O3. The first kappa shape index (κ1) is 15.5. The molecule has 2 rings (SSSR count). The lowest BCUT2D eigenvalue weighted by molar-refractivity contribution is -0.135. The van der Waals surface area contributed by atoms with Gasteiger partial charge < -0.3 is 15.4 Å². The number of carbonyl (C=O) groups is 2. The third kappa shape index (κ3) is 4.29. The van der Waals surface area contributed by atoms with Crippen molar-refractivity contribution in [3.8, 4) is 0 Å². The van der Waals surface area contributed by atoms with Crippen LogP contribution in [0.25, 0.3) is 0 Å². The molecule has 0 saturated carbocycles. The number of ether oxygens (including phenoxy) is 1. The molecule has 21 heavy (non-hydrogen) atoms. The van der Waals surface area contributed by atoms with Crippen molar-refractivity contribution in [3.63, 3.8) is 0 Å². The van der Waals surface area contributed by atoms with Gasteiger partial charge in [0.05, 0.1) is 12.5 Å². The average Bonchev–Trinajstić information content (AvgIpc) is 2.87. The Hall–Kier alpha value is -1.88. The largest absolute Gasteiger partial charge is 0.371 e. The van der Waals surface area contributed by atoms with Crippen molar-refractivity contribution in [2.24, 2.45) is 17.6 Å². The minimum Gasteiger partial charge on any atom is -0.371 e. The molecule has 5 heteroatoms. The van der Waals surface area contributed by atoms with Gasteiger partial charge in [0, 0.05) is 13.1 Å². The molecule has 1 aliphatic heterocycles. The zero-order chi connectivity index (χ0) is 15.2. The Morgan fingerprint density at radius 3 is 2.62 bits per heavy atom. The van der Waals surface area contributed by atoms with Crippen LogP contribution in [0.1, 0.15) is 12.5 Å². The minimum atomic E-state index is -0.331. The van der Waals surface area contributed by atoms with E-state index in [1.54, 1.807) is 4.90 Å². The lowest BCUT2D eigenvalue weighted by atomic mass is 9.98. The van der Waals surface area contributed by atoms with Gasteiger partial charge >= 0.3 is 0 Å². The van der Waals surface area contributed by atoms with Crippen LogP contribution in [0.15, 0.2) is 30.3 Å². The summed E-state index contributed by atoms with van der Waals surface area (Å²) < 4.78 is 5.44. The predicted molar refractivity (Wildman–Crippen MR) is 79.4 cm³/mol. The summed E-state index contributed by atoms with van der Waals surface area (Å²) >= 11 is 0. The fourth-order valence-corrected chi connectivity index (χ4v) is 2.63. The number of likely N-dealkylation sites (tertiary alicyclic amines) is 1. The maximum atomic E-state index is 12.0. The average molecular weight is 290 g/mol. The molecule has 1 aromatic rings. The van der Waals surface area contributed by atoms with Crippen LogP contribution in [-0.4, -0.2) is 43.0 Å². The number of rotatable bonds is 6. The highest BCUT2D eigenvalue weighted by Crippen LogP contribution is 2.22. The molecule has 1 aliphatic rings. The van der Waals surface area contributed by atoms with E-state index in [1.165, 1.54) is 5.56 Å². The molecule has 1 fully saturated rings. The summed E-state index contributed by atoms with van der Waals surface area (Å²) in [5.74, 6) is -0.518. The van der Waals surface area contributed by atoms with Crippen molar-refractivity contribution >= 4 is 11.8 Å². The number of hydrogen-bond acceptors (Lipinski definition) is 3. The van der Waals surface area contributed by atoms with Gasteiger partial charge in [0.2, 0.25) is 11.8 Å². The first-order chi connectivity index (χ1) is 10.1. The van der Waals surface area contributed by atoms with Crippen molar-refractivity contribution in [1.82, 2.24) is 4.90 Å². The number of hydrogen-bond donors (Lipinski definition) is 1. The Kier molecular flexibility index (Phi) is 5.33. The standard InChI is InChI=1S/C16H22N2O3/c1-12-9-18(10-14(12)16(17)20)15(19)11-21-8-7-13-5-3-2-4-6-13/h2-6,12,14H,7-11H2,1H3,(H2,17,20)/t12-,14-/m1/s1. The van der Waals surface area contributed by atoms with Crippen LogP contribution in [0.4, 0.5) is 0 Å². The highest BCUT2D eigenvalue weighted by atomic mass is 16.5. The van der Waals surface area contributed by atoms with Gasteiger partial charge in [0.1, 0.15) is 6.61 Å². The number of amides is 2. The van der Waals surface area contributed by atoms with Crippen LogP contribution in [0.5, 0.6) is 0 Å². The fourth-order valence-electron chi connectivity index (χ4n) is 2.63. The van der Waals surface area contributed by atoms with E-state index >= 15 is 0 Å². The summed E-state index contributed by atoms with van der Waals surface area (Å²) in [5, 5.41) is 0. The van der Waals surface area contributed by atoms with Crippen molar-refractivity contribution in [3.05, 3.63) is 35.9 Å². The van der Waals surface area contributed by atoms with Gasteiger partial charge in [0.15, 0.2) is 0 Å². The van der Waals surface area contributed by atoms with Gasteiger partial charge in [-0.2, -0.15) is 0 Å². The molecule has 0 radical (unpaired) electrons. The van der Waals surface area contributed by atoms with Gasteiger partial charge in [0.25, 0.3) is 0 Å². The van der Waals surface area contributed by atoms with E-state index in [4.69, 9.17) is 10.5 Å². The minimum absolute atomic E-state index is 0.0606. The summed E-state index contributed by atoms with van der Waals surface area (Å²) in [6, 6.07) is 10.00. The van der Waals surface area contributed by atoms with Crippen molar-refractivity contribution in [2.45, 2.75) is 13.3 Å². The smallest absolute Gasteiger partial charge is 0.248 e. The van der Waals surface area contributed by atoms with Gasteiger partial charge in [-0.3, -0.25) is 9.59 Å². The molecule has 5 nitrogen and oxygen atoms in total. The van der Waals surface area contributed by atoms with Crippen molar-refractivity contribution in [2.75, 3.05) is 26.3 Å². The van der Waals surface area contributed by atoms with E-state index in [1.807, 2.05) is 37.3 Å². The van der Waals surface area contributed by atoms with E-state index in [0.717, 1.165) is 6.42 Å². The first-order valence-electron chi connectivity index (χ1n) is 7.26. The van der Waals surface area contributed by atoms with Crippen molar-refractivity contribution < 1.29 is 14.3 Å². The Morgan fingerprint density at radius 1 is 1.29 bits per heavy atom. The zero-order valence-corrected chi connectivity index (χ0v) is 12.3. The highest BCUT2D eigenvalue weighted by Gasteiger charge is 2.35. The Bertz CT molecular complexity index is 490. The van der Waals surface area contributed by atoms with Gasteiger partial charge in [-0.05, 0) is 17.9 Å². The number of carbonyl (C=O) groups excluding carboxylic acids is 2. The lowest BCUT2D eigenvalue weighted by Gasteiger charge is -2.16. The lowest BCUT2D eigenvalue weighted by Crippen LogP contribution is -2.34. The van der Waals surface area contributed by atoms with Crippen LogP contribution < -0.4 is 5.73 Å². The molecule has 0 bridgehead atoms. The van der Waals surface area contributed by atoms with Gasteiger partial charge in [-0.15, -0.1) is 0 Å². The summed E-state index contributed by atoms with van der Waals surface area (Å²) in [4.78, 5) is 24.9. The number of benzene rings is 1. The topological polar surface area (TPSA) is 72.6 Å². The molecule has 0 aromatic heterocycles. The predicted octanol–water partition coefficient (Wildman–Crippen LogP) is 0.825. The molecule has 0 aliphatic carbocycles. The van der Waals surface area contributed by atoms with E-state index in [2.05, 4.69) is 0 Å². The fraction of sp³-hybridized carbons (Fsp3) is 0.500. The monoisotopic (exact) mass is 290 g/mol. The summed E-state index contributed by atoms with van der Waals surface area (Å²) in [5.41, 5.74) is 6.52. The molecule has 0 unspecified atom stereocenters. The van der Waals surface area contributed by atoms with E-state index in [-0.39, 0.29) is 30.3 Å². The van der Waals surface area contributed by atoms with Crippen LogP contribution in [-0.2, 0) is 20.7 Å². The molecule has 2 N–H and O–H groups in total. The van der Waals surface area contributed by atoms with Gasteiger partial charge in [-0.25, -0.2) is 0 Å². The molecule has 2 amide bonds.